The lowest BCUT2D eigenvalue weighted by molar-refractivity contribution is 0.106. The van der Waals surface area contributed by atoms with Crippen LogP contribution in [0.25, 0.3) is 5.82 Å². The lowest BCUT2D eigenvalue weighted by Gasteiger charge is -2.22. The third-order valence-corrected chi connectivity index (χ3v) is 3.30. The molecule has 5 heteroatoms. The van der Waals surface area contributed by atoms with E-state index < -0.39 is 0 Å². The Morgan fingerprint density at radius 1 is 1.26 bits per heavy atom. The van der Waals surface area contributed by atoms with Crippen LogP contribution in [0.5, 0.6) is 0 Å². The van der Waals surface area contributed by atoms with Gasteiger partial charge in [0.2, 0.25) is 0 Å². The summed E-state index contributed by atoms with van der Waals surface area (Å²) in [5, 5.41) is 3.44. The number of nitrogens with zero attached hydrogens (tertiary/aromatic N) is 3. The molecule has 5 nitrogen and oxygen atoms in total. The summed E-state index contributed by atoms with van der Waals surface area (Å²) < 4.78 is 7.30. The number of methoxy groups -OCH3 is 1. The first-order chi connectivity index (χ1) is 9.13. The van der Waals surface area contributed by atoms with E-state index in [4.69, 9.17) is 4.74 Å². The van der Waals surface area contributed by atoms with Crippen molar-refractivity contribution in [3.63, 3.8) is 0 Å². The van der Waals surface area contributed by atoms with Gasteiger partial charge in [0.1, 0.15) is 5.82 Å². The van der Waals surface area contributed by atoms with E-state index >= 15 is 0 Å². The SMILES string of the molecule is COC(C)C(C)Nc1cccnc1-n1ccnc1C. The van der Waals surface area contributed by atoms with Gasteiger partial charge in [-0.2, -0.15) is 0 Å². The van der Waals surface area contributed by atoms with Crippen LogP contribution in [0.15, 0.2) is 30.7 Å². The van der Waals surface area contributed by atoms with Crippen LogP contribution in [0.3, 0.4) is 0 Å². The van der Waals surface area contributed by atoms with Crippen molar-refractivity contribution < 1.29 is 4.74 Å². The molecule has 0 bridgehead atoms. The Kier molecular flexibility index (Phi) is 4.16. The summed E-state index contributed by atoms with van der Waals surface area (Å²) >= 11 is 0. The highest BCUT2D eigenvalue weighted by Gasteiger charge is 2.14. The van der Waals surface area contributed by atoms with Gasteiger partial charge in [0.25, 0.3) is 0 Å². The standard InChI is InChI=1S/C14H20N4O/c1-10(11(2)19-4)17-13-6-5-7-16-14(13)18-9-8-15-12(18)3/h5-11,17H,1-4H3. The van der Waals surface area contributed by atoms with Gasteiger partial charge in [0.15, 0.2) is 5.82 Å². The lowest BCUT2D eigenvalue weighted by Crippen LogP contribution is -2.30. The molecule has 2 rings (SSSR count). The molecule has 0 aliphatic heterocycles. The van der Waals surface area contributed by atoms with Crippen LogP contribution in [0.4, 0.5) is 5.69 Å². The van der Waals surface area contributed by atoms with Crippen molar-refractivity contribution in [1.29, 1.82) is 0 Å². The van der Waals surface area contributed by atoms with Gasteiger partial charge < -0.3 is 10.1 Å². The van der Waals surface area contributed by atoms with Crippen LogP contribution in [0.1, 0.15) is 19.7 Å². The van der Waals surface area contributed by atoms with Crippen LogP contribution in [-0.4, -0.2) is 33.8 Å². The predicted molar refractivity (Wildman–Crippen MR) is 75.7 cm³/mol. The first-order valence-electron chi connectivity index (χ1n) is 6.38. The fourth-order valence-corrected chi connectivity index (χ4v) is 1.87. The average molecular weight is 260 g/mol. The number of pyridine rings is 1. The third kappa shape index (κ3) is 2.93. The van der Waals surface area contributed by atoms with E-state index in [1.54, 1.807) is 19.5 Å². The largest absolute Gasteiger partial charge is 0.380 e. The number of imidazole rings is 1. The van der Waals surface area contributed by atoms with Crippen LogP contribution < -0.4 is 5.32 Å². The molecule has 0 fully saturated rings. The van der Waals surface area contributed by atoms with E-state index in [1.165, 1.54) is 0 Å². The molecule has 102 valence electrons. The van der Waals surface area contributed by atoms with Crippen LogP contribution in [0, 0.1) is 6.92 Å². The maximum atomic E-state index is 5.34. The minimum atomic E-state index is 0.122. The smallest absolute Gasteiger partial charge is 0.161 e. The number of anilines is 1. The van der Waals surface area contributed by atoms with Gasteiger partial charge in [-0.3, -0.25) is 4.57 Å². The second-order valence-corrected chi connectivity index (χ2v) is 4.59. The second-order valence-electron chi connectivity index (χ2n) is 4.59. The normalized spacial score (nSPS) is 14.1. The van der Waals surface area contributed by atoms with E-state index in [0.717, 1.165) is 17.3 Å². The zero-order valence-corrected chi connectivity index (χ0v) is 11.8. The third-order valence-electron chi connectivity index (χ3n) is 3.30. The van der Waals surface area contributed by atoms with E-state index in [1.807, 2.05) is 36.7 Å². The molecule has 0 radical (unpaired) electrons. The predicted octanol–water partition coefficient (Wildman–Crippen LogP) is 2.41. The van der Waals surface area contributed by atoms with Crippen molar-refractivity contribution in [1.82, 2.24) is 14.5 Å². The first-order valence-corrected chi connectivity index (χ1v) is 6.38. The van der Waals surface area contributed by atoms with E-state index in [0.29, 0.717) is 0 Å². The maximum absolute atomic E-state index is 5.34. The van der Waals surface area contributed by atoms with Gasteiger partial charge in [-0.1, -0.05) is 0 Å². The Bertz CT molecular complexity index is 538. The summed E-state index contributed by atoms with van der Waals surface area (Å²) in [7, 11) is 1.72. The molecule has 2 aromatic rings. The molecule has 0 saturated heterocycles. The van der Waals surface area contributed by atoms with E-state index in [-0.39, 0.29) is 12.1 Å². The zero-order valence-electron chi connectivity index (χ0n) is 11.8. The Labute approximate surface area is 113 Å². The maximum Gasteiger partial charge on any atom is 0.161 e. The number of nitrogens with one attached hydrogen (secondary N) is 1. The highest BCUT2D eigenvalue weighted by molar-refractivity contribution is 5.57. The van der Waals surface area contributed by atoms with Gasteiger partial charge in [-0.05, 0) is 32.9 Å². The van der Waals surface area contributed by atoms with Gasteiger partial charge in [-0.25, -0.2) is 9.97 Å². The number of hydrogen-bond donors (Lipinski definition) is 1. The summed E-state index contributed by atoms with van der Waals surface area (Å²) in [6.07, 6.45) is 5.59. The zero-order chi connectivity index (χ0) is 13.8. The molecule has 0 aromatic carbocycles. The summed E-state index contributed by atoms with van der Waals surface area (Å²) in [6.45, 7) is 6.08. The Morgan fingerprint density at radius 3 is 2.68 bits per heavy atom. The summed E-state index contributed by atoms with van der Waals surface area (Å²) in [5.74, 6) is 1.77. The molecule has 0 spiro atoms. The van der Waals surface area contributed by atoms with Gasteiger partial charge >= 0.3 is 0 Å². The molecule has 0 aliphatic rings. The highest BCUT2D eigenvalue weighted by atomic mass is 16.5. The summed E-state index contributed by atoms with van der Waals surface area (Å²) in [6, 6.07) is 4.12. The van der Waals surface area contributed by atoms with Gasteiger partial charge in [0.05, 0.1) is 11.8 Å². The molecular weight excluding hydrogens is 240 g/mol. The number of aryl methyl sites for hydroxylation is 1. The minimum absolute atomic E-state index is 0.122. The van der Waals surface area contributed by atoms with Crippen molar-refractivity contribution >= 4 is 5.69 Å². The first kappa shape index (κ1) is 13.5. The molecule has 0 amide bonds. The lowest BCUT2D eigenvalue weighted by atomic mass is 10.2. The van der Waals surface area contributed by atoms with E-state index in [9.17, 15) is 0 Å². The Balaban J connectivity index is 2.30. The molecule has 2 atom stereocenters. The van der Waals surface area contributed by atoms with Crippen molar-refractivity contribution in [2.75, 3.05) is 12.4 Å². The van der Waals surface area contributed by atoms with Crippen molar-refractivity contribution in [2.45, 2.75) is 32.9 Å². The number of hydrogen-bond acceptors (Lipinski definition) is 4. The summed E-state index contributed by atoms with van der Waals surface area (Å²) in [4.78, 5) is 8.67. The monoisotopic (exact) mass is 260 g/mol. The number of aromatic nitrogens is 3. The molecular formula is C14H20N4O. The summed E-state index contributed by atoms with van der Waals surface area (Å²) in [5.41, 5.74) is 0.972. The van der Waals surface area contributed by atoms with Crippen LogP contribution in [0.2, 0.25) is 0 Å². The number of ether oxygens (including phenoxy) is 1. The van der Waals surface area contributed by atoms with Crippen molar-refractivity contribution in [2.24, 2.45) is 0 Å². The number of rotatable bonds is 5. The minimum Gasteiger partial charge on any atom is -0.380 e. The molecule has 0 aliphatic carbocycles. The fraction of sp³-hybridized carbons (Fsp3) is 0.429. The van der Waals surface area contributed by atoms with Crippen molar-refractivity contribution in [3.8, 4) is 5.82 Å². The molecule has 2 aromatic heterocycles. The van der Waals surface area contributed by atoms with Gasteiger partial charge in [-0.15, -0.1) is 0 Å². The molecule has 2 heterocycles. The Hall–Kier alpha value is -1.88. The second kappa shape index (κ2) is 5.84. The molecule has 2 unspecified atom stereocenters. The Morgan fingerprint density at radius 2 is 2.05 bits per heavy atom. The van der Waals surface area contributed by atoms with Crippen molar-refractivity contribution in [3.05, 3.63) is 36.5 Å². The quantitative estimate of drug-likeness (QED) is 0.897. The fourth-order valence-electron chi connectivity index (χ4n) is 1.87. The van der Waals surface area contributed by atoms with E-state index in [2.05, 4.69) is 22.2 Å². The highest BCUT2D eigenvalue weighted by Crippen LogP contribution is 2.20. The van der Waals surface area contributed by atoms with Crippen LogP contribution >= 0.6 is 0 Å². The van der Waals surface area contributed by atoms with Gasteiger partial charge in [0, 0.05) is 31.7 Å². The topological polar surface area (TPSA) is 52.0 Å². The molecule has 1 N–H and O–H groups in total. The van der Waals surface area contributed by atoms with Crippen LogP contribution in [-0.2, 0) is 4.74 Å². The molecule has 0 saturated carbocycles. The molecule has 19 heavy (non-hydrogen) atoms. The average Bonchev–Trinajstić information content (AvgIpc) is 2.84.